The van der Waals surface area contributed by atoms with Crippen LogP contribution < -0.4 is 0 Å². The maximum atomic E-state index is 13.5. The van der Waals surface area contributed by atoms with Crippen LogP contribution in [0.4, 0.5) is 13.2 Å². The lowest BCUT2D eigenvalue weighted by atomic mass is 9.90. The second-order valence-corrected chi connectivity index (χ2v) is 7.97. The second kappa shape index (κ2) is 11.6. The first kappa shape index (κ1) is 25.5. The Kier molecular flexibility index (Phi) is 10.2. The number of alkyl halides is 3. The zero-order valence-corrected chi connectivity index (χ0v) is 19.7. The van der Waals surface area contributed by atoms with E-state index < -0.39 is 11.9 Å². The number of hydrogen-bond acceptors (Lipinski definition) is 2. The molecule has 1 aromatic heterocycles. The van der Waals surface area contributed by atoms with Crippen LogP contribution >= 0.6 is 28.1 Å². The van der Waals surface area contributed by atoms with Gasteiger partial charge in [0.05, 0.1) is 0 Å². The molecule has 0 unspecified atom stereocenters. The minimum absolute atomic E-state index is 0.0178. The number of halogens is 4. The summed E-state index contributed by atoms with van der Waals surface area (Å²) < 4.78 is 41.2. The summed E-state index contributed by atoms with van der Waals surface area (Å²) in [4.78, 5) is 4.09. The zero-order valence-electron chi connectivity index (χ0n) is 17.3. The minimum atomic E-state index is -4.53. The summed E-state index contributed by atoms with van der Waals surface area (Å²) in [6.07, 6.45) is 4.89. The van der Waals surface area contributed by atoms with Gasteiger partial charge in [0.1, 0.15) is 0 Å². The lowest BCUT2D eigenvalue weighted by Crippen LogP contribution is -2.15. The van der Waals surface area contributed by atoms with Crippen LogP contribution in [-0.2, 0) is 6.18 Å². The number of rotatable bonds is 9. The van der Waals surface area contributed by atoms with Crippen LogP contribution in [0.15, 0.2) is 52.7 Å². The van der Waals surface area contributed by atoms with Crippen molar-refractivity contribution in [3.63, 3.8) is 0 Å². The van der Waals surface area contributed by atoms with Crippen molar-refractivity contribution < 1.29 is 13.2 Å². The Balaban J connectivity index is 3.66. The molecule has 29 heavy (non-hydrogen) atoms. The molecule has 1 aromatic rings. The number of nitrogens with zero attached hydrogens (tertiary/aromatic N) is 1. The van der Waals surface area contributed by atoms with Crippen molar-refractivity contribution in [3.8, 4) is 0 Å². The summed E-state index contributed by atoms with van der Waals surface area (Å²) in [5, 5.41) is 0. The number of hydrogen-bond donors (Lipinski definition) is 0. The Labute approximate surface area is 185 Å². The Hall–Kier alpha value is -1.53. The van der Waals surface area contributed by atoms with Gasteiger partial charge in [0.2, 0.25) is 0 Å². The summed E-state index contributed by atoms with van der Waals surface area (Å²) in [5.41, 5.74) is 2.90. The Morgan fingerprint density at radius 3 is 2.34 bits per heavy atom. The van der Waals surface area contributed by atoms with Crippen molar-refractivity contribution in [1.29, 1.82) is 0 Å². The van der Waals surface area contributed by atoms with Crippen LogP contribution in [0.3, 0.4) is 0 Å². The van der Waals surface area contributed by atoms with Crippen molar-refractivity contribution in [2.75, 3.05) is 0 Å². The fourth-order valence-electron chi connectivity index (χ4n) is 3.13. The number of aromatic nitrogens is 1. The van der Waals surface area contributed by atoms with E-state index in [0.717, 1.165) is 27.6 Å². The summed E-state index contributed by atoms with van der Waals surface area (Å²) in [7, 11) is 0. The molecular weight excluding hydrogens is 459 g/mol. The number of pyridine rings is 1. The maximum absolute atomic E-state index is 13.5. The standard InChI is InChI=1S/C23H27BrF3NS/c1-6-10-21(29)20-13-16(14-28-22(20)23(25,26)27)19(9-4)18(8-3)15(5)11-12-17(24)7-2/h7,11-14H,2,6,8-10H2,1,3-5H3/b15-11-,17-12+,19-18-. The quantitative estimate of drug-likeness (QED) is 0.197. The largest absolute Gasteiger partial charge is 0.433 e. The third-order valence-electron chi connectivity index (χ3n) is 4.52. The van der Waals surface area contributed by atoms with Gasteiger partial charge in [0.15, 0.2) is 5.69 Å². The molecule has 0 aromatic carbocycles. The summed E-state index contributed by atoms with van der Waals surface area (Å²) >= 11 is 8.69. The molecule has 0 aliphatic carbocycles. The van der Waals surface area contributed by atoms with Crippen molar-refractivity contribution >= 4 is 38.6 Å². The Morgan fingerprint density at radius 2 is 1.86 bits per heavy atom. The highest BCUT2D eigenvalue weighted by molar-refractivity contribution is 9.11. The van der Waals surface area contributed by atoms with Gasteiger partial charge in [0.25, 0.3) is 0 Å². The molecule has 0 spiro atoms. The molecule has 0 atom stereocenters. The Morgan fingerprint density at radius 1 is 1.21 bits per heavy atom. The summed E-state index contributed by atoms with van der Waals surface area (Å²) in [5.74, 6) is 0. The molecule has 0 amide bonds. The molecular formula is C23H27BrF3NS. The molecule has 0 saturated heterocycles. The molecule has 0 N–H and O–H groups in total. The van der Waals surface area contributed by atoms with E-state index in [9.17, 15) is 13.2 Å². The van der Waals surface area contributed by atoms with Gasteiger partial charge in [-0.1, -0.05) is 74.1 Å². The third-order valence-corrected chi connectivity index (χ3v) is 5.53. The van der Waals surface area contributed by atoms with Crippen LogP contribution in [0.2, 0.25) is 0 Å². The first-order valence-electron chi connectivity index (χ1n) is 9.60. The zero-order chi connectivity index (χ0) is 22.2. The predicted molar refractivity (Wildman–Crippen MR) is 124 cm³/mol. The van der Waals surface area contributed by atoms with Gasteiger partial charge in [-0.05, 0) is 60.6 Å². The molecule has 0 aliphatic heterocycles. The lowest BCUT2D eigenvalue weighted by molar-refractivity contribution is -0.141. The monoisotopic (exact) mass is 485 g/mol. The second-order valence-electron chi connectivity index (χ2n) is 6.56. The van der Waals surface area contributed by atoms with E-state index in [1.54, 1.807) is 12.1 Å². The van der Waals surface area contributed by atoms with Crippen molar-refractivity contribution in [2.45, 2.75) is 59.6 Å². The molecule has 0 fully saturated rings. The van der Waals surface area contributed by atoms with E-state index in [1.165, 1.54) is 6.20 Å². The molecule has 1 nitrogen and oxygen atoms in total. The normalized spacial score (nSPS) is 13.9. The van der Waals surface area contributed by atoms with Gasteiger partial charge in [-0.15, -0.1) is 0 Å². The molecule has 0 saturated carbocycles. The van der Waals surface area contributed by atoms with Crippen molar-refractivity contribution in [2.24, 2.45) is 0 Å². The predicted octanol–water partition coefficient (Wildman–Crippen LogP) is 8.60. The fraction of sp³-hybridized carbons (Fsp3) is 0.391. The topological polar surface area (TPSA) is 12.9 Å². The third kappa shape index (κ3) is 7.03. The first-order valence-corrected chi connectivity index (χ1v) is 10.8. The average molecular weight is 486 g/mol. The molecule has 1 heterocycles. The molecule has 158 valence electrons. The van der Waals surface area contributed by atoms with Crippen molar-refractivity contribution in [1.82, 2.24) is 4.98 Å². The maximum Gasteiger partial charge on any atom is 0.433 e. The smallest absolute Gasteiger partial charge is 0.251 e. The van der Waals surface area contributed by atoms with Gasteiger partial charge in [-0.3, -0.25) is 4.98 Å². The van der Waals surface area contributed by atoms with Crippen LogP contribution in [0.5, 0.6) is 0 Å². The Bertz CT molecular complexity index is 848. The average Bonchev–Trinajstić information content (AvgIpc) is 2.68. The van der Waals surface area contributed by atoms with E-state index in [0.29, 0.717) is 29.7 Å². The van der Waals surface area contributed by atoms with Gasteiger partial charge in [-0.25, -0.2) is 0 Å². The molecule has 0 bridgehead atoms. The van der Waals surface area contributed by atoms with Gasteiger partial charge >= 0.3 is 6.18 Å². The molecule has 0 aliphatic rings. The van der Waals surface area contributed by atoms with Crippen molar-refractivity contribution in [3.05, 3.63) is 69.5 Å². The van der Waals surface area contributed by atoms with Gasteiger partial charge < -0.3 is 0 Å². The number of allylic oxidation sites excluding steroid dienone is 7. The highest BCUT2D eigenvalue weighted by Gasteiger charge is 2.36. The highest BCUT2D eigenvalue weighted by atomic mass is 79.9. The molecule has 1 rings (SSSR count). The van der Waals surface area contributed by atoms with Crippen LogP contribution in [-0.4, -0.2) is 9.85 Å². The van der Waals surface area contributed by atoms with Gasteiger partial charge in [-0.2, -0.15) is 13.2 Å². The molecule has 6 heteroatoms. The van der Waals surface area contributed by atoms with Gasteiger partial charge in [0, 0.05) is 21.1 Å². The first-order chi connectivity index (χ1) is 13.6. The van der Waals surface area contributed by atoms with Crippen LogP contribution in [0.1, 0.15) is 70.2 Å². The van der Waals surface area contributed by atoms with E-state index in [2.05, 4.69) is 27.5 Å². The minimum Gasteiger partial charge on any atom is -0.251 e. The SMILES string of the molecule is C=C\C(Br)=C/C=C(C)\C(CC)=C(\CC)c1cnc(C(F)(F)F)c(C(=S)CCC)c1. The van der Waals surface area contributed by atoms with E-state index >= 15 is 0 Å². The highest BCUT2D eigenvalue weighted by Crippen LogP contribution is 2.35. The fourth-order valence-corrected chi connectivity index (χ4v) is 3.62. The summed E-state index contributed by atoms with van der Waals surface area (Å²) in [6.45, 7) is 11.6. The molecule has 0 radical (unpaired) electrons. The number of thiocarbonyl (C=S) groups is 1. The van der Waals surface area contributed by atoms with E-state index in [-0.39, 0.29) is 5.56 Å². The van der Waals surface area contributed by atoms with Crippen LogP contribution in [0, 0.1) is 0 Å². The lowest BCUT2D eigenvalue weighted by Gasteiger charge is -2.18. The van der Waals surface area contributed by atoms with Crippen LogP contribution in [0.25, 0.3) is 5.57 Å². The summed E-state index contributed by atoms with van der Waals surface area (Å²) in [6, 6.07) is 1.56. The van der Waals surface area contributed by atoms with E-state index in [1.807, 2.05) is 39.8 Å². The van der Waals surface area contributed by atoms with E-state index in [4.69, 9.17) is 12.2 Å².